The smallest absolute Gasteiger partial charge is 0.414 e. The first-order valence-electron chi connectivity index (χ1n) is 19.4. The molecule has 4 aromatic carbocycles. The molecule has 4 aromatic rings. The van der Waals surface area contributed by atoms with E-state index in [4.69, 9.17) is 24.4 Å². The zero-order valence-corrected chi connectivity index (χ0v) is 34.8. The molecular weight excluding hydrogens is 747 g/mol. The van der Waals surface area contributed by atoms with E-state index >= 15 is 0 Å². The van der Waals surface area contributed by atoms with Crippen LogP contribution in [0.15, 0.2) is 48.5 Å². The molecule has 310 valence electrons. The lowest BCUT2D eigenvalue weighted by Gasteiger charge is -2.31. The van der Waals surface area contributed by atoms with Crippen LogP contribution in [0.2, 0.25) is 0 Å². The fourth-order valence-corrected chi connectivity index (χ4v) is 7.88. The number of nitrogens with zero attached hydrogens (tertiary/aromatic N) is 1. The van der Waals surface area contributed by atoms with Crippen molar-refractivity contribution in [2.24, 2.45) is 0 Å². The van der Waals surface area contributed by atoms with Gasteiger partial charge in [-0.1, -0.05) is 12.1 Å². The van der Waals surface area contributed by atoms with Crippen molar-refractivity contribution in [3.63, 3.8) is 0 Å². The number of methoxy groups -OCH3 is 1. The number of hydrogen-bond donors (Lipinski definition) is 3. The number of carboxylic acid groups (broad SMARTS) is 2. The number of rotatable bonds is 12. The van der Waals surface area contributed by atoms with Crippen molar-refractivity contribution >= 4 is 29.4 Å². The molecule has 0 saturated heterocycles. The van der Waals surface area contributed by atoms with Crippen LogP contribution in [0.4, 0.5) is 25.0 Å². The van der Waals surface area contributed by atoms with Crippen molar-refractivity contribution in [2.45, 2.75) is 118 Å². The van der Waals surface area contributed by atoms with E-state index in [1.807, 2.05) is 59.7 Å². The minimum Gasteiger partial charge on any atom is -0.489 e. The van der Waals surface area contributed by atoms with Gasteiger partial charge >= 0.3 is 18.0 Å². The normalized spacial score (nSPS) is 14.4. The zero-order chi connectivity index (χ0) is 42.7. The summed E-state index contributed by atoms with van der Waals surface area (Å²) in [7, 11) is 1.33. The molecular formula is C46H54F2N2O8. The summed E-state index contributed by atoms with van der Waals surface area (Å²) in [5.41, 5.74) is 9.93. The number of ether oxygens (including phenoxy) is 3. The number of amides is 1. The van der Waals surface area contributed by atoms with Crippen molar-refractivity contribution in [2.75, 3.05) is 17.3 Å². The van der Waals surface area contributed by atoms with Crippen molar-refractivity contribution < 1.29 is 47.6 Å². The highest BCUT2D eigenvalue weighted by Gasteiger charge is 2.42. The molecule has 2 aliphatic heterocycles. The number of fused-ring (bicyclic) bond motifs is 2. The third-order valence-corrected chi connectivity index (χ3v) is 11.1. The number of carbonyl (C=O) groups excluding carboxylic acids is 1. The Morgan fingerprint density at radius 3 is 1.67 bits per heavy atom. The molecule has 3 N–H and O–H groups in total. The van der Waals surface area contributed by atoms with Gasteiger partial charge in [0.2, 0.25) is 0 Å². The molecule has 12 heteroatoms. The number of nitrogens with one attached hydrogen (secondary N) is 1. The predicted octanol–water partition coefficient (Wildman–Crippen LogP) is 9.73. The van der Waals surface area contributed by atoms with Crippen LogP contribution in [0, 0.1) is 39.3 Å². The number of aliphatic carboxylic acids is 2. The maximum atomic E-state index is 14.3. The lowest BCUT2D eigenvalue weighted by Crippen LogP contribution is -2.45. The van der Waals surface area contributed by atoms with Crippen molar-refractivity contribution in [3.8, 4) is 11.5 Å². The first-order valence-corrected chi connectivity index (χ1v) is 19.4. The van der Waals surface area contributed by atoms with Crippen LogP contribution in [0.5, 0.6) is 11.5 Å². The van der Waals surface area contributed by atoms with Gasteiger partial charge in [-0.2, -0.15) is 0 Å². The molecule has 0 fully saturated rings. The molecule has 0 radical (unpaired) electrons. The minimum absolute atomic E-state index is 0.0645. The van der Waals surface area contributed by atoms with Gasteiger partial charge in [0.15, 0.2) is 0 Å². The number of carboxylic acids is 2. The van der Waals surface area contributed by atoms with Crippen LogP contribution in [0.1, 0.15) is 96.2 Å². The van der Waals surface area contributed by atoms with Gasteiger partial charge in [-0.05, 0) is 162 Å². The third kappa shape index (κ3) is 9.89. The van der Waals surface area contributed by atoms with E-state index in [-0.39, 0.29) is 43.2 Å². The molecule has 0 unspecified atom stereocenters. The lowest BCUT2D eigenvalue weighted by molar-refractivity contribution is -0.138. The second-order valence-corrected chi connectivity index (χ2v) is 16.5. The first-order chi connectivity index (χ1) is 27.2. The van der Waals surface area contributed by atoms with E-state index in [9.17, 15) is 23.2 Å². The second-order valence-electron chi connectivity index (χ2n) is 16.5. The Morgan fingerprint density at radius 2 is 1.17 bits per heavy atom. The summed E-state index contributed by atoms with van der Waals surface area (Å²) >= 11 is 0. The molecule has 0 atom stereocenters. The van der Waals surface area contributed by atoms with E-state index < -0.39 is 23.6 Å². The Bertz CT molecular complexity index is 2230. The average molecular weight is 801 g/mol. The summed E-state index contributed by atoms with van der Waals surface area (Å²) in [6.45, 7) is 16.2. The van der Waals surface area contributed by atoms with E-state index in [0.29, 0.717) is 36.3 Å². The SMILES string of the molecule is COC(=O)N1c2c(COc3ccc(CCC(=O)O)c(C)c3C)cc(F)cc2CC1(C)C.Cc1c(CCC(=O)O)ccc(OCc2cc(F)cc3c2NC(C)(C)C3)c1C. The maximum Gasteiger partial charge on any atom is 0.414 e. The van der Waals surface area contributed by atoms with Gasteiger partial charge in [-0.25, -0.2) is 13.6 Å². The number of aryl methyl sites for hydroxylation is 2. The fraction of sp³-hybridized carbons (Fsp3) is 0.413. The van der Waals surface area contributed by atoms with Crippen LogP contribution < -0.4 is 19.7 Å². The summed E-state index contributed by atoms with van der Waals surface area (Å²) < 4.78 is 45.3. The summed E-state index contributed by atoms with van der Waals surface area (Å²) in [5, 5.41) is 21.3. The van der Waals surface area contributed by atoms with Gasteiger partial charge in [-0.15, -0.1) is 0 Å². The summed E-state index contributed by atoms with van der Waals surface area (Å²) in [6.07, 6.45) is 1.92. The number of benzene rings is 4. The van der Waals surface area contributed by atoms with Gasteiger partial charge in [0.1, 0.15) is 36.3 Å². The summed E-state index contributed by atoms with van der Waals surface area (Å²) in [6, 6.07) is 13.4. The molecule has 2 aliphatic rings. The van der Waals surface area contributed by atoms with Crippen molar-refractivity contribution in [3.05, 3.63) is 116 Å². The van der Waals surface area contributed by atoms with Crippen molar-refractivity contribution in [1.82, 2.24) is 0 Å². The standard InChI is InChI=1S/C24H28FNO5.C22H26FNO3/c1-14-15(2)20(8-6-16(14)7-9-21(27)28)31-13-18-11-19(25)10-17-12-24(3,4)26(22(17)18)23(29)30-5;1-13-14(2)19(7-5-15(13)6-8-20(25)26)27-12-17-10-18(23)9-16-11-22(3,4)24-21(16)17/h6,8,10-11H,7,9,12-13H2,1-5H3,(H,27,28);5,7,9-10,24H,6,8,11-12H2,1-4H3,(H,25,26). The Balaban J connectivity index is 0.000000223. The minimum atomic E-state index is -0.838. The molecule has 6 rings (SSSR count). The van der Waals surface area contributed by atoms with E-state index in [1.54, 1.807) is 17.0 Å². The molecule has 1 amide bonds. The Kier molecular flexibility index (Phi) is 13.1. The molecule has 0 saturated carbocycles. The van der Waals surface area contributed by atoms with E-state index in [1.165, 1.54) is 25.3 Å². The molecule has 58 heavy (non-hydrogen) atoms. The maximum absolute atomic E-state index is 14.3. The zero-order valence-electron chi connectivity index (χ0n) is 34.8. The van der Waals surface area contributed by atoms with Gasteiger partial charge in [0, 0.05) is 40.7 Å². The highest BCUT2D eigenvalue weighted by atomic mass is 19.1. The molecule has 10 nitrogen and oxygen atoms in total. The molecule has 0 aromatic heterocycles. The van der Waals surface area contributed by atoms with Crippen LogP contribution in [-0.4, -0.2) is 46.4 Å². The molecule has 0 spiro atoms. The monoisotopic (exact) mass is 800 g/mol. The van der Waals surface area contributed by atoms with Crippen LogP contribution in [0.25, 0.3) is 0 Å². The predicted molar refractivity (Wildman–Crippen MR) is 219 cm³/mol. The Morgan fingerprint density at radius 1 is 0.690 bits per heavy atom. The van der Waals surface area contributed by atoms with Crippen LogP contribution >= 0.6 is 0 Å². The van der Waals surface area contributed by atoms with E-state index in [2.05, 4.69) is 19.2 Å². The number of carbonyl (C=O) groups is 3. The number of halogens is 2. The topological polar surface area (TPSA) is 135 Å². The highest BCUT2D eigenvalue weighted by molar-refractivity contribution is 5.93. The molecule has 0 bridgehead atoms. The number of hydrogen-bond acceptors (Lipinski definition) is 7. The quantitative estimate of drug-likeness (QED) is 0.128. The third-order valence-electron chi connectivity index (χ3n) is 11.1. The van der Waals surface area contributed by atoms with Gasteiger partial charge < -0.3 is 29.7 Å². The average Bonchev–Trinajstić information content (AvgIpc) is 3.61. The van der Waals surface area contributed by atoms with Gasteiger partial charge in [-0.3, -0.25) is 14.5 Å². The van der Waals surface area contributed by atoms with Crippen molar-refractivity contribution in [1.29, 1.82) is 0 Å². The summed E-state index contributed by atoms with van der Waals surface area (Å²) in [4.78, 5) is 35.7. The molecule has 0 aliphatic carbocycles. The van der Waals surface area contributed by atoms with Gasteiger partial charge in [0.05, 0.1) is 12.8 Å². The van der Waals surface area contributed by atoms with Crippen LogP contribution in [0.3, 0.4) is 0 Å². The molecule has 2 heterocycles. The highest BCUT2D eigenvalue weighted by Crippen LogP contribution is 2.43. The largest absolute Gasteiger partial charge is 0.489 e. The Hall–Kier alpha value is -5.65. The van der Waals surface area contributed by atoms with E-state index in [0.717, 1.165) is 67.9 Å². The fourth-order valence-electron chi connectivity index (χ4n) is 7.88. The summed E-state index contributed by atoms with van der Waals surface area (Å²) in [5.74, 6) is -0.892. The van der Waals surface area contributed by atoms with Crippen LogP contribution in [-0.2, 0) is 53.2 Å². The van der Waals surface area contributed by atoms with Gasteiger partial charge in [0.25, 0.3) is 0 Å². The lowest BCUT2D eigenvalue weighted by atomic mass is 9.98. The Labute approximate surface area is 339 Å². The first kappa shape index (κ1) is 43.5. The number of anilines is 2. The second kappa shape index (κ2) is 17.5.